The summed E-state index contributed by atoms with van der Waals surface area (Å²) in [5, 5.41) is 14.0. The van der Waals surface area contributed by atoms with Gasteiger partial charge in [-0.15, -0.1) is 0 Å². The molecular weight excluding hydrogens is 406 g/mol. The first-order chi connectivity index (χ1) is 13.0. The van der Waals surface area contributed by atoms with Crippen molar-refractivity contribution in [2.75, 3.05) is 0 Å². The molecule has 1 atom stereocenters. The maximum absolute atomic E-state index is 12.3. The van der Waals surface area contributed by atoms with Gasteiger partial charge in [-0.1, -0.05) is 58.4 Å². The number of aliphatic hydroxyl groups excluding tert-OH is 1. The molecule has 3 fully saturated rings. The summed E-state index contributed by atoms with van der Waals surface area (Å²) in [6.45, 7) is 0.258. The lowest BCUT2D eigenvalue weighted by Gasteiger charge is -2.56. The van der Waals surface area contributed by atoms with E-state index in [1.165, 1.54) is 5.56 Å². The van der Waals surface area contributed by atoms with E-state index >= 15 is 0 Å². The lowest BCUT2D eigenvalue weighted by Crippen LogP contribution is -2.63. The Bertz CT molecular complexity index is 798. The van der Waals surface area contributed by atoms with Crippen LogP contribution in [0.5, 0.6) is 0 Å². The van der Waals surface area contributed by atoms with Gasteiger partial charge in [0.15, 0.2) is 0 Å². The second-order valence-electron chi connectivity index (χ2n) is 7.85. The molecule has 3 aliphatic carbocycles. The zero-order valence-electron chi connectivity index (χ0n) is 15.2. The Hall–Kier alpha value is -1.85. The molecular formula is C22H24BrNO3. The Balaban J connectivity index is 1.40. The maximum Gasteiger partial charge on any atom is 0.407 e. The fourth-order valence-corrected chi connectivity index (χ4v) is 4.96. The lowest BCUT2D eigenvalue weighted by molar-refractivity contribution is -0.0486. The molecule has 0 saturated heterocycles. The van der Waals surface area contributed by atoms with Crippen LogP contribution in [-0.2, 0) is 16.8 Å². The SMILES string of the molecule is O=C(NC12CCC(c3ccc(Br)cc3)(CC1)C(O)C2)OCc1ccccc1. The van der Waals surface area contributed by atoms with E-state index < -0.39 is 12.2 Å². The third-order valence-corrected chi connectivity index (χ3v) is 6.85. The Labute approximate surface area is 168 Å². The molecule has 0 heterocycles. The molecule has 5 rings (SSSR count). The molecule has 2 bridgehead atoms. The summed E-state index contributed by atoms with van der Waals surface area (Å²) >= 11 is 3.48. The van der Waals surface area contributed by atoms with Crippen molar-refractivity contribution >= 4 is 22.0 Å². The van der Waals surface area contributed by atoms with Crippen LogP contribution in [0, 0.1) is 0 Å². The van der Waals surface area contributed by atoms with Crippen molar-refractivity contribution in [1.82, 2.24) is 5.32 Å². The first kappa shape index (κ1) is 18.5. The highest BCUT2D eigenvalue weighted by Gasteiger charge is 2.55. The number of benzene rings is 2. The molecule has 0 spiro atoms. The molecule has 5 heteroatoms. The van der Waals surface area contributed by atoms with Crippen molar-refractivity contribution in [1.29, 1.82) is 0 Å². The van der Waals surface area contributed by atoms with Crippen molar-refractivity contribution in [2.45, 2.75) is 55.8 Å². The molecule has 0 radical (unpaired) electrons. The number of fused-ring (bicyclic) bond motifs is 3. The molecule has 1 amide bonds. The molecule has 2 aromatic carbocycles. The molecule has 1 unspecified atom stereocenters. The number of alkyl carbamates (subject to hydrolysis) is 1. The molecule has 0 aromatic heterocycles. The van der Waals surface area contributed by atoms with Gasteiger partial charge >= 0.3 is 6.09 Å². The monoisotopic (exact) mass is 429 g/mol. The summed E-state index contributed by atoms with van der Waals surface area (Å²) in [6, 6.07) is 17.9. The van der Waals surface area contributed by atoms with Gasteiger partial charge in [0.05, 0.1) is 6.10 Å². The number of carbonyl (C=O) groups is 1. The van der Waals surface area contributed by atoms with Gasteiger partial charge in [0.1, 0.15) is 6.61 Å². The molecule has 3 saturated carbocycles. The highest BCUT2D eigenvalue weighted by atomic mass is 79.9. The predicted octanol–water partition coefficient (Wildman–Crippen LogP) is 4.69. The van der Waals surface area contributed by atoms with Crippen LogP contribution in [0.15, 0.2) is 59.1 Å². The van der Waals surface area contributed by atoms with Crippen molar-refractivity contribution in [3.8, 4) is 0 Å². The minimum Gasteiger partial charge on any atom is -0.445 e. The van der Waals surface area contributed by atoms with E-state index in [4.69, 9.17) is 4.74 Å². The van der Waals surface area contributed by atoms with Gasteiger partial charge in [-0.25, -0.2) is 4.79 Å². The van der Waals surface area contributed by atoms with Crippen LogP contribution < -0.4 is 5.32 Å². The van der Waals surface area contributed by atoms with Crippen molar-refractivity contribution in [2.24, 2.45) is 0 Å². The first-order valence-corrected chi connectivity index (χ1v) is 10.2. The Morgan fingerprint density at radius 3 is 2.37 bits per heavy atom. The van der Waals surface area contributed by atoms with E-state index in [0.29, 0.717) is 6.42 Å². The topological polar surface area (TPSA) is 58.6 Å². The largest absolute Gasteiger partial charge is 0.445 e. The Morgan fingerprint density at radius 2 is 1.74 bits per heavy atom. The average Bonchev–Trinajstić information content (AvgIpc) is 2.68. The van der Waals surface area contributed by atoms with Crippen LogP contribution in [0.3, 0.4) is 0 Å². The van der Waals surface area contributed by atoms with Crippen molar-refractivity contribution in [3.05, 3.63) is 70.2 Å². The van der Waals surface area contributed by atoms with E-state index in [2.05, 4.69) is 33.4 Å². The summed E-state index contributed by atoms with van der Waals surface area (Å²) in [6.07, 6.45) is 3.17. The normalized spacial score (nSPS) is 29.3. The molecule has 2 N–H and O–H groups in total. The molecule has 142 valence electrons. The van der Waals surface area contributed by atoms with E-state index in [-0.39, 0.29) is 17.6 Å². The van der Waals surface area contributed by atoms with Crippen LogP contribution in [0.2, 0.25) is 0 Å². The first-order valence-electron chi connectivity index (χ1n) is 9.44. The maximum atomic E-state index is 12.3. The van der Waals surface area contributed by atoms with Gasteiger partial charge in [-0.05, 0) is 55.4 Å². The highest BCUT2D eigenvalue weighted by molar-refractivity contribution is 9.10. The van der Waals surface area contributed by atoms with Gasteiger partial charge < -0.3 is 15.2 Å². The van der Waals surface area contributed by atoms with Crippen LogP contribution in [0.25, 0.3) is 0 Å². The zero-order valence-corrected chi connectivity index (χ0v) is 16.7. The summed E-state index contributed by atoms with van der Waals surface area (Å²) in [7, 11) is 0. The van der Waals surface area contributed by atoms with Crippen LogP contribution in [-0.4, -0.2) is 22.8 Å². The molecule has 27 heavy (non-hydrogen) atoms. The number of amides is 1. The van der Waals surface area contributed by atoms with Crippen LogP contribution in [0.1, 0.15) is 43.2 Å². The van der Waals surface area contributed by atoms with Crippen LogP contribution in [0.4, 0.5) is 4.79 Å². The number of carbonyl (C=O) groups excluding carboxylic acids is 1. The van der Waals surface area contributed by atoms with Gasteiger partial charge in [0.25, 0.3) is 0 Å². The van der Waals surface area contributed by atoms with Gasteiger partial charge in [-0.2, -0.15) is 0 Å². The highest BCUT2D eigenvalue weighted by Crippen LogP contribution is 2.53. The molecule has 0 aliphatic heterocycles. The fraction of sp³-hybridized carbons (Fsp3) is 0.409. The second kappa shape index (κ2) is 7.28. The number of hydrogen-bond acceptors (Lipinski definition) is 3. The third kappa shape index (κ3) is 3.63. The third-order valence-electron chi connectivity index (χ3n) is 6.32. The van der Waals surface area contributed by atoms with E-state index in [0.717, 1.165) is 35.7 Å². The number of nitrogens with one attached hydrogen (secondary N) is 1. The number of ether oxygens (including phenoxy) is 1. The smallest absolute Gasteiger partial charge is 0.407 e. The van der Waals surface area contributed by atoms with Gasteiger partial charge in [0.2, 0.25) is 0 Å². The van der Waals surface area contributed by atoms with E-state index in [9.17, 15) is 9.90 Å². The molecule has 2 aromatic rings. The standard InChI is InChI=1S/C22H24BrNO3/c23-18-8-6-17(7-9-18)22-12-10-21(11-13-22,14-19(22)25)24-20(26)27-15-16-4-2-1-3-5-16/h1-9,19,25H,10-15H2,(H,24,26). The minimum atomic E-state index is -0.462. The number of hydrogen-bond donors (Lipinski definition) is 2. The summed E-state index contributed by atoms with van der Waals surface area (Å²) in [4.78, 5) is 12.3. The summed E-state index contributed by atoms with van der Waals surface area (Å²) in [5.41, 5.74) is 1.60. The number of halogens is 1. The van der Waals surface area contributed by atoms with Crippen molar-refractivity contribution in [3.63, 3.8) is 0 Å². The Kier molecular flexibility index (Phi) is 4.99. The fourth-order valence-electron chi connectivity index (χ4n) is 4.69. The van der Waals surface area contributed by atoms with Crippen molar-refractivity contribution < 1.29 is 14.6 Å². The average molecular weight is 430 g/mol. The second-order valence-corrected chi connectivity index (χ2v) is 8.77. The quantitative estimate of drug-likeness (QED) is 0.740. The molecule has 4 nitrogen and oxygen atoms in total. The van der Waals surface area contributed by atoms with Gasteiger partial charge in [-0.3, -0.25) is 0 Å². The summed E-state index contributed by atoms with van der Waals surface area (Å²) in [5.74, 6) is 0. The van der Waals surface area contributed by atoms with Gasteiger partial charge in [0, 0.05) is 15.4 Å². The number of rotatable bonds is 4. The summed E-state index contributed by atoms with van der Waals surface area (Å²) < 4.78 is 6.44. The minimum absolute atomic E-state index is 0.196. The van der Waals surface area contributed by atoms with E-state index in [1.807, 2.05) is 42.5 Å². The lowest BCUT2D eigenvalue weighted by atomic mass is 9.53. The van der Waals surface area contributed by atoms with Crippen LogP contribution >= 0.6 is 15.9 Å². The number of aliphatic hydroxyl groups is 1. The zero-order chi connectivity index (χ0) is 18.9. The molecule has 3 aliphatic rings. The predicted molar refractivity (Wildman–Crippen MR) is 107 cm³/mol. The Morgan fingerprint density at radius 1 is 1.07 bits per heavy atom. The van der Waals surface area contributed by atoms with E-state index in [1.54, 1.807) is 0 Å².